The lowest BCUT2D eigenvalue weighted by Crippen LogP contribution is -2.26. The number of hydrogen-bond donors (Lipinski definition) is 2. The SMILES string of the molecule is CCOc1ccc(S(=O)(=O)NCCC(O)c2cc(C)oc2C)cc1. The summed E-state index contributed by atoms with van der Waals surface area (Å²) in [6.07, 6.45) is -0.513. The van der Waals surface area contributed by atoms with Crippen LogP contribution in [0.25, 0.3) is 0 Å². The van der Waals surface area contributed by atoms with E-state index in [0.29, 0.717) is 23.7 Å². The lowest BCUT2D eigenvalue weighted by Gasteiger charge is -2.11. The smallest absolute Gasteiger partial charge is 0.240 e. The minimum atomic E-state index is -3.61. The number of nitrogens with one attached hydrogen (secondary N) is 1. The molecule has 1 heterocycles. The molecule has 0 saturated heterocycles. The highest BCUT2D eigenvalue weighted by Crippen LogP contribution is 2.23. The van der Waals surface area contributed by atoms with Crippen molar-refractivity contribution in [1.82, 2.24) is 4.72 Å². The van der Waals surface area contributed by atoms with Crippen molar-refractivity contribution in [2.24, 2.45) is 0 Å². The van der Waals surface area contributed by atoms with Crippen molar-refractivity contribution < 1.29 is 22.7 Å². The van der Waals surface area contributed by atoms with Crippen LogP contribution in [-0.2, 0) is 10.0 Å². The molecule has 0 saturated carbocycles. The highest BCUT2D eigenvalue weighted by atomic mass is 32.2. The fourth-order valence-electron chi connectivity index (χ4n) is 2.43. The second kappa shape index (κ2) is 7.83. The van der Waals surface area contributed by atoms with Crippen LogP contribution in [0.15, 0.2) is 39.6 Å². The summed E-state index contributed by atoms with van der Waals surface area (Å²) in [6, 6.07) is 7.98. The molecule has 0 spiro atoms. The topological polar surface area (TPSA) is 88.8 Å². The van der Waals surface area contributed by atoms with E-state index in [4.69, 9.17) is 9.15 Å². The lowest BCUT2D eigenvalue weighted by atomic mass is 10.1. The van der Waals surface area contributed by atoms with Crippen molar-refractivity contribution in [2.45, 2.75) is 38.2 Å². The number of aryl methyl sites for hydroxylation is 2. The van der Waals surface area contributed by atoms with Gasteiger partial charge < -0.3 is 14.3 Å². The number of furan rings is 1. The Morgan fingerprint density at radius 3 is 2.46 bits per heavy atom. The molecule has 0 amide bonds. The van der Waals surface area contributed by atoms with Gasteiger partial charge in [-0.2, -0.15) is 0 Å². The van der Waals surface area contributed by atoms with E-state index >= 15 is 0 Å². The fourth-order valence-corrected chi connectivity index (χ4v) is 3.48. The van der Waals surface area contributed by atoms with Gasteiger partial charge in [-0.3, -0.25) is 0 Å². The van der Waals surface area contributed by atoms with Crippen LogP contribution in [0.4, 0.5) is 0 Å². The summed E-state index contributed by atoms with van der Waals surface area (Å²) < 4.78 is 37.6. The zero-order valence-corrected chi connectivity index (χ0v) is 14.9. The summed E-state index contributed by atoms with van der Waals surface area (Å²) in [6.45, 7) is 6.09. The maximum atomic E-state index is 12.2. The molecule has 1 aromatic carbocycles. The molecule has 2 N–H and O–H groups in total. The van der Waals surface area contributed by atoms with Crippen LogP contribution < -0.4 is 9.46 Å². The summed E-state index contributed by atoms with van der Waals surface area (Å²) in [7, 11) is -3.61. The number of ether oxygens (including phenoxy) is 1. The Labute approximate surface area is 142 Å². The number of hydrogen-bond acceptors (Lipinski definition) is 5. The Kier molecular flexibility index (Phi) is 6.04. The third-order valence-corrected chi connectivity index (χ3v) is 5.07. The van der Waals surface area contributed by atoms with Crippen molar-refractivity contribution in [3.05, 3.63) is 47.4 Å². The average molecular weight is 353 g/mol. The molecule has 0 bridgehead atoms. The van der Waals surface area contributed by atoms with Crippen molar-refractivity contribution in [3.63, 3.8) is 0 Å². The Hall–Kier alpha value is -1.83. The van der Waals surface area contributed by atoms with Crippen molar-refractivity contribution in [3.8, 4) is 5.75 Å². The largest absolute Gasteiger partial charge is 0.494 e. The first-order valence-electron chi connectivity index (χ1n) is 7.81. The van der Waals surface area contributed by atoms with Gasteiger partial charge in [0, 0.05) is 12.1 Å². The minimum absolute atomic E-state index is 0.125. The summed E-state index contributed by atoms with van der Waals surface area (Å²) in [5.74, 6) is 1.99. The molecule has 1 aromatic heterocycles. The molecule has 132 valence electrons. The molecule has 0 radical (unpaired) electrons. The van der Waals surface area contributed by atoms with Gasteiger partial charge >= 0.3 is 0 Å². The van der Waals surface area contributed by atoms with Gasteiger partial charge in [0.25, 0.3) is 0 Å². The second-order valence-corrected chi connectivity index (χ2v) is 7.24. The van der Waals surface area contributed by atoms with Gasteiger partial charge in [-0.15, -0.1) is 0 Å². The molecule has 6 nitrogen and oxygen atoms in total. The minimum Gasteiger partial charge on any atom is -0.494 e. The number of aliphatic hydroxyl groups is 1. The normalized spacial score (nSPS) is 13.0. The van der Waals surface area contributed by atoms with E-state index in [2.05, 4.69) is 4.72 Å². The first kappa shape index (κ1) is 18.5. The first-order valence-corrected chi connectivity index (χ1v) is 9.29. The lowest BCUT2D eigenvalue weighted by molar-refractivity contribution is 0.167. The third-order valence-electron chi connectivity index (χ3n) is 3.59. The van der Waals surface area contributed by atoms with Crippen LogP contribution in [0, 0.1) is 13.8 Å². The van der Waals surface area contributed by atoms with Crippen molar-refractivity contribution in [2.75, 3.05) is 13.2 Å². The molecule has 0 aliphatic heterocycles. The van der Waals surface area contributed by atoms with E-state index in [1.807, 2.05) is 6.92 Å². The van der Waals surface area contributed by atoms with Gasteiger partial charge in [-0.25, -0.2) is 13.1 Å². The zero-order chi connectivity index (χ0) is 17.7. The maximum Gasteiger partial charge on any atom is 0.240 e. The molecule has 2 aromatic rings. The molecular weight excluding hydrogens is 330 g/mol. The monoisotopic (exact) mass is 353 g/mol. The van der Waals surface area contributed by atoms with Gasteiger partial charge in [0.1, 0.15) is 17.3 Å². The van der Waals surface area contributed by atoms with E-state index in [9.17, 15) is 13.5 Å². The van der Waals surface area contributed by atoms with Crippen molar-refractivity contribution >= 4 is 10.0 Å². The predicted octanol–water partition coefficient (Wildman–Crippen LogP) is 2.70. The van der Waals surface area contributed by atoms with Crippen LogP contribution in [0.1, 0.15) is 36.5 Å². The van der Waals surface area contributed by atoms with Crippen LogP contribution in [0.2, 0.25) is 0 Å². The van der Waals surface area contributed by atoms with Gasteiger partial charge in [0.2, 0.25) is 10.0 Å². The molecular formula is C17H23NO5S. The Morgan fingerprint density at radius 2 is 1.92 bits per heavy atom. The summed E-state index contributed by atoms with van der Waals surface area (Å²) in [5, 5.41) is 10.2. The van der Waals surface area contributed by atoms with E-state index in [-0.39, 0.29) is 17.9 Å². The predicted molar refractivity (Wildman–Crippen MR) is 90.6 cm³/mol. The number of rotatable bonds is 8. The fraction of sp³-hybridized carbons (Fsp3) is 0.412. The van der Waals surface area contributed by atoms with Gasteiger partial charge in [-0.05, 0) is 57.5 Å². The van der Waals surface area contributed by atoms with Crippen molar-refractivity contribution in [1.29, 1.82) is 0 Å². The number of aliphatic hydroxyl groups excluding tert-OH is 1. The number of benzene rings is 1. The summed E-state index contributed by atoms with van der Waals surface area (Å²) in [5.41, 5.74) is 0.688. The van der Waals surface area contributed by atoms with Crippen LogP contribution in [-0.4, -0.2) is 26.7 Å². The zero-order valence-electron chi connectivity index (χ0n) is 14.1. The molecule has 0 fully saturated rings. The van der Waals surface area contributed by atoms with Crippen LogP contribution >= 0.6 is 0 Å². The third kappa shape index (κ3) is 4.59. The summed E-state index contributed by atoms with van der Waals surface area (Å²) >= 11 is 0. The second-order valence-electron chi connectivity index (χ2n) is 5.48. The van der Waals surface area contributed by atoms with Crippen LogP contribution in [0.5, 0.6) is 5.75 Å². The number of sulfonamides is 1. The van der Waals surface area contributed by atoms with E-state index in [0.717, 1.165) is 5.76 Å². The Bertz CT molecular complexity index is 765. The molecule has 1 unspecified atom stereocenters. The average Bonchev–Trinajstić information content (AvgIpc) is 2.86. The highest BCUT2D eigenvalue weighted by Gasteiger charge is 2.17. The van der Waals surface area contributed by atoms with E-state index in [1.165, 1.54) is 12.1 Å². The van der Waals surface area contributed by atoms with Gasteiger partial charge in [0.05, 0.1) is 17.6 Å². The van der Waals surface area contributed by atoms with E-state index in [1.54, 1.807) is 32.0 Å². The summed E-state index contributed by atoms with van der Waals surface area (Å²) in [4.78, 5) is 0.163. The standard InChI is InChI=1S/C17H23NO5S/c1-4-22-14-5-7-15(8-6-14)24(20,21)18-10-9-17(19)16-11-12(2)23-13(16)3/h5-8,11,17-19H,4,9-10H2,1-3H3. The molecule has 24 heavy (non-hydrogen) atoms. The van der Waals surface area contributed by atoms with Crippen LogP contribution in [0.3, 0.4) is 0 Å². The molecule has 7 heteroatoms. The first-order chi connectivity index (χ1) is 11.3. The van der Waals surface area contributed by atoms with Gasteiger partial charge in [-0.1, -0.05) is 0 Å². The van der Waals surface area contributed by atoms with Gasteiger partial charge in [0.15, 0.2) is 0 Å². The quantitative estimate of drug-likeness (QED) is 0.762. The molecule has 0 aliphatic rings. The molecule has 0 aliphatic carbocycles. The Morgan fingerprint density at radius 1 is 1.25 bits per heavy atom. The maximum absolute atomic E-state index is 12.2. The molecule has 1 atom stereocenters. The highest BCUT2D eigenvalue weighted by molar-refractivity contribution is 7.89. The Balaban J connectivity index is 1.93. The molecule has 2 rings (SSSR count). The van der Waals surface area contributed by atoms with E-state index < -0.39 is 16.1 Å².